The van der Waals surface area contributed by atoms with Crippen molar-refractivity contribution in [3.05, 3.63) is 29.8 Å². The van der Waals surface area contributed by atoms with E-state index in [0.717, 1.165) is 25.7 Å². The van der Waals surface area contributed by atoms with Crippen LogP contribution in [0.4, 0.5) is 0 Å². The van der Waals surface area contributed by atoms with Crippen LogP contribution in [0.2, 0.25) is 0 Å². The zero-order chi connectivity index (χ0) is 14.5. The summed E-state index contributed by atoms with van der Waals surface area (Å²) in [6.07, 6.45) is 4.37. The lowest BCUT2D eigenvalue weighted by Gasteiger charge is -2.31. The van der Waals surface area contributed by atoms with E-state index in [0.29, 0.717) is 24.2 Å². The normalized spacial score (nSPS) is 24.1. The monoisotopic (exact) mass is 276 g/mol. The molecule has 0 amide bonds. The Balaban J connectivity index is 1.89. The van der Waals surface area contributed by atoms with Crippen LogP contribution < -0.4 is 0 Å². The van der Waals surface area contributed by atoms with Crippen LogP contribution in [0.25, 0.3) is 0 Å². The van der Waals surface area contributed by atoms with Crippen LogP contribution in [0.3, 0.4) is 0 Å². The molecule has 1 saturated carbocycles. The van der Waals surface area contributed by atoms with Crippen molar-refractivity contribution in [3.8, 4) is 5.75 Å². The number of carbonyl (C=O) groups excluding carboxylic acids is 1. The van der Waals surface area contributed by atoms with Crippen LogP contribution >= 0.6 is 0 Å². The number of hydrogen-bond acceptors (Lipinski definition) is 3. The molecule has 0 saturated heterocycles. The predicted molar refractivity (Wildman–Crippen MR) is 78.6 cm³/mol. The molecule has 0 spiro atoms. The first-order chi connectivity index (χ1) is 9.61. The molecule has 1 aromatic carbocycles. The van der Waals surface area contributed by atoms with Gasteiger partial charge in [0.15, 0.2) is 0 Å². The van der Waals surface area contributed by atoms with Gasteiger partial charge in [-0.25, -0.2) is 0 Å². The van der Waals surface area contributed by atoms with E-state index < -0.39 is 0 Å². The molecular formula is C17H24O3. The number of phenols is 1. The van der Waals surface area contributed by atoms with Crippen molar-refractivity contribution in [2.24, 2.45) is 11.8 Å². The minimum Gasteiger partial charge on any atom is -0.508 e. The van der Waals surface area contributed by atoms with E-state index in [-0.39, 0.29) is 11.9 Å². The maximum Gasteiger partial charge on any atom is 0.308 e. The van der Waals surface area contributed by atoms with E-state index in [1.807, 2.05) is 26.0 Å². The maximum absolute atomic E-state index is 11.8. The molecule has 1 unspecified atom stereocenters. The van der Waals surface area contributed by atoms with Gasteiger partial charge in [0.05, 0.1) is 12.5 Å². The fourth-order valence-electron chi connectivity index (χ4n) is 3.17. The molecule has 2 rings (SSSR count). The minimum atomic E-state index is -0.0550. The standard InChI is InChI=1S/C17H24O3/c1-3-20-17(19)12(2)13-4-6-14(7-5-13)15-8-10-16(18)11-9-15/h8-14,18H,3-7H2,1-2H3. The second kappa shape index (κ2) is 6.78. The van der Waals surface area contributed by atoms with Crippen molar-refractivity contribution < 1.29 is 14.6 Å². The number of phenolic OH excluding ortho intramolecular Hbond substituents is 1. The molecule has 1 aromatic rings. The molecule has 1 N–H and O–H groups in total. The van der Waals surface area contributed by atoms with E-state index in [2.05, 4.69) is 0 Å². The van der Waals surface area contributed by atoms with Crippen LogP contribution in [0, 0.1) is 11.8 Å². The zero-order valence-electron chi connectivity index (χ0n) is 12.3. The summed E-state index contributed by atoms with van der Waals surface area (Å²) in [5.74, 6) is 1.28. The summed E-state index contributed by atoms with van der Waals surface area (Å²) in [4.78, 5) is 11.8. The van der Waals surface area contributed by atoms with Crippen molar-refractivity contribution in [2.45, 2.75) is 45.4 Å². The molecule has 1 aliphatic carbocycles. The van der Waals surface area contributed by atoms with E-state index in [1.54, 1.807) is 12.1 Å². The molecule has 0 bridgehead atoms. The summed E-state index contributed by atoms with van der Waals surface area (Å²) < 4.78 is 5.11. The largest absolute Gasteiger partial charge is 0.508 e. The highest BCUT2D eigenvalue weighted by atomic mass is 16.5. The van der Waals surface area contributed by atoms with Gasteiger partial charge in [-0.05, 0) is 62.1 Å². The lowest BCUT2D eigenvalue weighted by Crippen LogP contribution is -2.26. The van der Waals surface area contributed by atoms with Gasteiger partial charge in [0.2, 0.25) is 0 Å². The number of esters is 1. The summed E-state index contributed by atoms with van der Waals surface area (Å²) in [7, 11) is 0. The summed E-state index contributed by atoms with van der Waals surface area (Å²) >= 11 is 0. The van der Waals surface area contributed by atoms with E-state index in [9.17, 15) is 9.90 Å². The summed E-state index contributed by atoms with van der Waals surface area (Å²) in [6, 6.07) is 7.52. The molecule has 3 nitrogen and oxygen atoms in total. The Hall–Kier alpha value is -1.51. The Labute approximate surface area is 121 Å². The number of benzene rings is 1. The fraction of sp³-hybridized carbons (Fsp3) is 0.588. The molecular weight excluding hydrogens is 252 g/mol. The molecule has 20 heavy (non-hydrogen) atoms. The highest BCUT2D eigenvalue weighted by molar-refractivity contribution is 5.72. The molecule has 0 aliphatic heterocycles. The third-order valence-electron chi connectivity index (χ3n) is 4.50. The van der Waals surface area contributed by atoms with Gasteiger partial charge in [0.25, 0.3) is 0 Å². The number of hydrogen-bond donors (Lipinski definition) is 1. The summed E-state index contributed by atoms with van der Waals surface area (Å²) in [5, 5.41) is 9.33. The lowest BCUT2D eigenvalue weighted by atomic mass is 9.74. The van der Waals surface area contributed by atoms with Crippen LogP contribution in [0.1, 0.15) is 51.0 Å². The van der Waals surface area contributed by atoms with Gasteiger partial charge in [-0.15, -0.1) is 0 Å². The van der Waals surface area contributed by atoms with Crippen molar-refractivity contribution in [2.75, 3.05) is 6.61 Å². The van der Waals surface area contributed by atoms with Crippen LogP contribution in [-0.4, -0.2) is 17.7 Å². The average Bonchev–Trinajstić information content (AvgIpc) is 2.48. The molecule has 110 valence electrons. The molecule has 1 aliphatic rings. The molecule has 0 radical (unpaired) electrons. The van der Waals surface area contributed by atoms with Crippen LogP contribution in [-0.2, 0) is 9.53 Å². The van der Waals surface area contributed by atoms with E-state index in [4.69, 9.17) is 4.74 Å². The number of rotatable bonds is 4. The van der Waals surface area contributed by atoms with Gasteiger partial charge in [-0.1, -0.05) is 19.1 Å². The van der Waals surface area contributed by atoms with Gasteiger partial charge in [0.1, 0.15) is 5.75 Å². The average molecular weight is 276 g/mol. The van der Waals surface area contributed by atoms with Gasteiger partial charge in [-0.3, -0.25) is 4.79 Å². The summed E-state index contributed by atoms with van der Waals surface area (Å²) in [6.45, 7) is 4.31. The molecule has 1 atom stereocenters. The molecule has 1 fully saturated rings. The first-order valence-electron chi connectivity index (χ1n) is 7.57. The number of aromatic hydroxyl groups is 1. The number of ether oxygens (including phenoxy) is 1. The zero-order valence-corrected chi connectivity index (χ0v) is 12.3. The van der Waals surface area contributed by atoms with Crippen molar-refractivity contribution in [1.82, 2.24) is 0 Å². The highest BCUT2D eigenvalue weighted by Crippen LogP contribution is 2.39. The second-order valence-electron chi connectivity index (χ2n) is 5.74. The van der Waals surface area contributed by atoms with E-state index >= 15 is 0 Å². The minimum absolute atomic E-state index is 0.00992. The lowest BCUT2D eigenvalue weighted by molar-refractivity contribution is -0.149. The van der Waals surface area contributed by atoms with Crippen molar-refractivity contribution >= 4 is 5.97 Å². The molecule has 0 aromatic heterocycles. The fourth-order valence-corrected chi connectivity index (χ4v) is 3.17. The molecule has 0 heterocycles. The first-order valence-corrected chi connectivity index (χ1v) is 7.57. The Kier molecular flexibility index (Phi) is 5.05. The van der Waals surface area contributed by atoms with Crippen molar-refractivity contribution in [1.29, 1.82) is 0 Å². The Morgan fingerprint density at radius 3 is 2.40 bits per heavy atom. The van der Waals surface area contributed by atoms with Crippen molar-refractivity contribution in [3.63, 3.8) is 0 Å². The smallest absolute Gasteiger partial charge is 0.308 e. The van der Waals surface area contributed by atoms with Crippen LogP contribution in [0.15, 0.2) is 24.3 Å². The summed E-state index contributed by atoms with van der Waals surface area (Å²) in [5.41, 5.74) is 1.30. The Morgan fingerprint density at radius 2 is 1.85 bits per heavy atom. The predicted octanol–water partition coefficient (Wildman–Crippen LogP) is 3.87. The first kappa shape index (κ1) is 14.9. The quantitative estimate of drug-likeness (QED) is 0.849. The maximum atomic E-state index is 11.8. The third kappa shape index (κ3) is 3.53. The van der Waals surface area contributed by atoms with Crippen LogP contribution in [0.5, 0.6) is 5.75 Å². The Morgan fingerprint density at radius 1 is 1.25 bits per heavy atom. The van der Waals surface area contributed by atoms with E-state index in [1.165, 1.54) is 5.56 Å². The molecule has 3 heteroatoms. The third-order valence-corrected chi connectivity index (χ3v) is 4.50. The van der Waals surface area contributed by atoms with Gasteiger partial charge in [-0.2, -0.15) is 0 Å². The Bertz CT molecular complexity index is 430. The van der Waals surface area contributed by atoms with Gasteiger partial charge >= 0.3 is 5.97 Å². The SMILES string of the molecule is CCOC(=O)C(C)C1CCC(c2ccc(O)cc2)CC1. The topological polar surface area (TPSA) is 46.5 Å². The van der Waals surface area contributed by atoms with Gasteiger partial charge in [0, 0.05) is 0 Å². The van der Waals surface area contributed by atoms with Gasteiger partial charge < -0.3 is 9.84 Å². The number of carbonyl (C=O) groups is 1. The highest BCUT2D eigenvalue weighted by Gasteiger charge is 2.30. The second-order valence-corrected chi connectivity index (χ2v) is 5.74.